The maximum absolute atomic E-state index is 13.4. The fourth-order valence-electron chi connectivity index (χ4n) is 2.97. The lowest BCUT2D eigenvalue weighted by Gasteiger charge is -2.07. The number of aromatic nitrogens is 3. The first-order valence-corrected chi connectivity index (χ1v) is 10.2. The Labute approximate surface area is 188 Å². The quantitative estimate of drug-likeness (QED) is 0.416. The van der Waals surface area contributed by atoms with Gasteiger partial charge in [0.15, 0.2) is 0 Å². The van der Waals surface area contributed by atoms with Crippen molar-refractivity contribution in [3.05, 3.63) is 89.4 Å². The van der Waals surface area contributed by atoms with E-state index in [2.05, 4.69) is 20.4 Å². The maximum atomic E-state index is 13.4. The minimum Gasteiger partial charge on any atom is -0.439 e. The number of nitrogens with one attached hydrogen (secondary N) is 1. The van der Waals surface area contributed by atoms with Crippen LogP contribution in [0.2, 0.25) is 0 Å². The molecule has 0 spiro atoms. The van der Waals surface area contributed by atoms with Crippen molar-refractivity contribution < 1.29 is 22.8 Å². The molecule has 2 aromatic heterocycles. The normalized spacial score (nSPS) is 10.8. The monoisotopic (exact) mass is 450 g/mol. The molecule has 2 aromatic carbocycles. The summed E-state index contributed by atoms with van der Waals surface area (Å²) in [5, 5.41) is 6.70. The molecule has 0 aliphatic rings. The summed E-state index contributed by atoms with van der Waals surface area (Å²) in [6, 6.07) is 13.6. The molecule has 0 atom stereocenters. The lowest BCUT2D eigenvalue weighted by atomic mass is 10.1. The molecule has 0 radical (unpaired) electrons. The van der Waals surface area contributed by atoms with E-state index in [9.17, 15) is 13.6 Å². The van der Waals surface area contributed by atoms with Crippen LogP contribution in [0.4, 0.5) is 8.78 Å². The molecule has 7 nitrogen and oxygen atoms in total. The third kappa shape index (κ3) is 5.97. The van der Waals surface area contributed by atoms with Gasteiger partial charge in [-0.2, -0.15) is 4.98 Å². The van der Waals surface area contributed by atoms with Crippen LogP contribution in [0.5, 0.6) is 11.6 Å². The molecule has 4 aromatic rings. The van der Waals surface area contributed by atoms with Crippen LogP contribution in [0.1, 0.15) is 23.4 Å². The third-order valence-electron chi connectivity index (χ3n) is 4.77. The van der Waals surface area contributed by atoms with Crippen molar-refractivity contribution in [1.29, 1.82) is 0 Å². The summed E-state index contributed by atoms with van der Waals surface area (Å²) in [4.78, 5) is 20.6. The van der Waals surface area contributed by atoms with Crippen molar-refractivity contribution in [2.45, 2.75) is 26.3 Å². The standard InChI is InChI=1S/C24H20F2N4O3/c1-15-12-17(3-8-20(15)26)24-29-23(33-30-24)11-9-21(31)27-13-16-2-10-22(28-14-16)32-19-6-4-18(25)5-7-19/h2-8,10,12,14H,9,11,13H2,1H3,(H,27,31). The smallest absolute Gasteiger partial charge is 0.227 e. The first-order chi connectivity index (χ1) is 16.0. The fourth-order valence-corrected chi connectivity index (χ4v) is 2.97. The van der Waals surface area contributed by atoms with Crippen LogP contribution >= 0.6 is 0 Å². The molecule has 0 aliphatic carbocycles. The summed E-state index contributed by atoms with van der Waals surface area (Å²) in [5.74, 6) is 0.685. The van der Waals surface area contributed by atoms with Crippen LogP contribution in [0.25, 0.3) is 11.4 Å². The van der Waals surface area contributed by atoms with Gasteiger partial charge >= 0.3 is 0 Å². The average Bonchev–Trinajstić information content (AvgIpc) is 3.30. The number of nitrogens with zero attached hydrogens (tertiary/aromatic N) is 3. The second-order valence-electron chi connectivity index (χ2n) is 7.31. The van der Waals surface area contributed by atoms with E-state index in [0.29, 0.717) is 41.0 Å². The average molecular weight is 450 g/mol. The number of amides is 1. The molecule has 2 heterocycles. The van der Waals surface area contributed by atoms with Gasteiger partial charge in [0.25, 0.3) is 0 Å². The Morgan fingerprint density at radius 2 is 1.91 bits per heavy atom. The van der Waals surface area contributed by atoms with Crippen molar-refractivity contribution in [2.75, 3.05) is 0 Å². The molecule has 0 aliphatic heterocycles. The zero-order chi connectivity index (χ0) is 23.2. The highest BCUT2D eigenvalue weighted by atomic mass is 19.1. The molecule has 33 heavy (non-hydrogen) atoms. The molecule has 9 heteroatoms. The number of rotatable bonds is 8. The Kier molecular flexibility index (Phi) is 6.68. The summed E-state index contributed by atoms with van der Waals surface area (Å²) in [6.07, 6.45) is 2.04. The van der Waals surface area contributed by atoms with Crippen molar-refractivity contribution in [3.8, 4) is 23.0 Å². The van der Waals surface area contributed by atoms with Crippen LogP contribution in [0.3, 0.4) is 0 Å². The number of pyridine rings is 1. The summed E-state index contributed by atoms with van der Waals surface area (Å²) < 4.78 is 37.1. The van der Waals surface area contributed by atoms with Gasteiger partial charge in [0.1, 0.15) is 17.4 Å². The number of carbonyl (C=O) groups is 1. The summed E-state index contributed by atoms with van der Waals surface area (Å²) in [6.45, 7) is 1.96. The predicted octanol–water partition coefficient (Wildman–Crippen LogP) is 4.76. The Morgan fingerprint density at radius 1 is 1.09 bits per heavy atom. The molecule has 0 fully saturated rings. The molecule has 0 unspecified atom stereocenters. The number of carbonyl (C=O) groups excluding carboxylic acids is 1. The molecule has 0 saturated heterocycles. The Hall–Kier alpha value is -4.14. The van der Waals surface area contributed by atoms with E-state index in [0.717, 1.165) is 5.56 Å². The van der Waals surface area contributed by atoms with Crippen LogP contribution in [0.15, 0.2) is 65.3 Å². The lowest BCUT2D eigenvalue weighted by Crippen LogP contribution is -2.23. The minimum atomic E-state index is -0.344. The highest BCUT2D eigenvalue weighted by Gasteiger charge is 2.12. The van der Waals surface area contributed by atoms with Crippen LogP contribution in [-0.2, 0) is 17.8 Å². The fraction of sp³-hybridized carbons (Fsp3) is 0.167. The molecule has 1 N–H and O–H groups in total. The van der Waals surface area contributed by atoms with Gasteiger partial charge in [-0.1, -0.05) is 11.2 Å². The van der Waals surface area contributed by atoms with Crippen molar-refractivity contribution in [1.82, 2.24) is 20.4 Å². The minimum absolute atomic E-state index is 0.170. The van der Waals surface area contributed by atoms with Gasteiger partial charge in [-0.3, -0.25) is 4.79 Å². The molecular formula is C24H20F2N4O3. The van der Waals surface area contributed by atoms with Gasteiger partial charge in [-0.05, 0) is 60.5 Å². The number of ether oxygens (including phenoxy) is 1. The SMILES string of the molecule is Cc1cc(-c2noc(CCC(=O)NCc3ccc(Oc4ccc(F)cc4)nc3)n2)ccc1F. The van der Waals surface area contributed by atoms with Gasteiger partial charge in [0.05, 0.1) is 0 Å². The maximum Gasteiger partial charge on any atom is 0.227 e. The Morgan fingerprint density at radius 3 is 2.64 bits per heavy atom. The van der Waals surface area contributed by atoms with Crippen LogP contribution < -0.4 is 10.1 Å². The van der Waals surface area contributed by atoms with Crippen LogP contribution in [0, 0.1) is 18.6 Å². The first kappa shape index (κ1) is 22.1. The Bertz CT molecular complexity index is 1240. The van der Waals surface area contributed by atoms with Gasteiger partial charge in [-0.25, -0.2) is 13.8 Å². The van der Waals surface area contributed by atoms with E-state index in [-0.39, 0.29) is 30.4 Å². The molecule has 4 rings (SSSR count). The summed E-state index contributed by atoms with van der Waals surface area (Å²) in [7, 11) is 0. The summed E-state index contributed by atoms with van der Waals surface area (Å²) >= 11 is 0. The molecule has 0 bridgehead atoms. The molecular weight excluding hydrogens is 430 g/mol. The number of benzene rings is 2. The van der Waals surface area contributed by atoms with Gasteiger partial charge < -0.3 is 14.6 Å². The number of aryl methyl sites for hydroxylation is 2. The largest absolute Gasteiger partial charge is 0.439 e. The second kappa shape index (κ2) is 9.99. The van der Waals surface area contributed by atoms with Gasteiger partial charge in [-0.15, -0.1) is 0 Å². The van der Waals surface area contributed by atoms with E-state index < -0.39 is 0 Å². The zero-order valence-electron chi connectivity index (χ0n) is 17.7. The van der Waals surface area contributed by atoms with Crippen molar-refractivity contribution in [2.24, 2.45) is 0 Å². The van der Waals surface area contributed by atoms with E-state index in [1.54, 1.807) is 37.4 Å². The van der Waals surface area contributed by atoms with Crippen LogP contribution in [-0.4, -0.2) is 21.0 Å². The molecule has 0 saturated carbocycles. The van der Waals surface area contributed by atoms with Crippen molar-refractivity contribution in [3.63, 3.8) is 0 Å². The first-order valence-electron chi connectivity index (χ1n) is 10.2. The van der Waals surface area contributed by atoms with E-state index in [4.69, 9.17) is 9.26 Å². The second-order valence-corrected chi connectivity index (χ2v) is 7.31. The number of halogens is 2. The van der Waals surface area contributed by atoms with E-state index in [1.807, 2.05) is 0 Å². The Balaban J connectivity index is 1.24. The van der Waals surface area contributed by atoms with Gasteiger partial charge in [0.2, 0.25) is 23.5 Å². The number of hydrogen-bond donors (Lipinski definition) is 1. The van der Waals surface area contributed by atoms with Gasteiger partial charge in [0, 0.05) is 37.2 Å². The van der Waals surface area contributed by atoms with E-state index in [1.165, 1.54) is 30.3 Å². The highest BCUT2D eigenvalue weighted by molar-refractivity contribution is 5.76. The van der Waals surface area contributed by atoms with Crippen molar-refractivity contribution >= 4 is 5.91 Å². The molecule has 1 amide bonds. The summed E-state index contributed by atoms with van der Waals surface area (Å²) in [5.41, 5.74) is 1.93. The third-order valence-corrected chi connectivity index (χ3v) is 4.77. The predicted molar refractivity (Wildman–Crippen MR) is 115 cm³/mol. The highest BCUT2D eigenvalue weighted by Crippen LogP contribution is 2.20. The lowest BCUT2D eigenvalue weighted by molar-refractivity contribution is -0.121. The van der Waals surface area contributed by atoms with E-state index >= 15 is 0 Å². The zero-order valence-corrected chi connectivity index (χ0v) is 17.7. The molecule has 168 valence electrons. The number of hydrogen-bond acceptors (Lipinski definition) is 6. The topological polar surface area (TPSA) is 90.1 Å².